The molecule has 1 aromatic carbocycles. The van der Waals surface area contributed by atoms with Gasteiger partial charge in [-0.25, -0.2) is 13.1 Å². The zero-order valence-electron chi connectivity index (χ0n) is 16.1. The summed E-state index contributed by atoms with van der Waals surface area (Å²) in [5.74, 6) is 0.0842. The van der Waals surface area contributed by atoms with Crippen LogP contribution in [0.3, 0.4) is 0 Å². The topological polar surface area (TPSA) is 106 Å². The lowest BCUT2D eigenvalue weighted by Gasteiger charge is -2.37. The van der Waals surface area contributed by atoms with Crippen LogP contribution in [0.5, 0.6) is 5.75 Å². The molecule has 0 aromatic heterocycles. The van der Waals surface area contributed by atoms with Crippen molar-refractivity contribution in [1.82, 2.24) is 15.4 Å². The number of hydrogen-bond donors (Lipinski definition) is 3. The van der Waals surface area contributed by atoms with Gasteiger partial charge in [-0.05, 0) is 43.6 Å². The fourth-order valence-corrected chi connectivity index (χ4v) is 4.60. The number of hydrogen-bond acceptors (Lipinski definition) is 6. The van der Waals surface area contributed by atoms with Crippen LogP contribution in [0.1, 0.15) is 25.3 Å². The second-order valence-electron chi connectivity index (χ2n) is 6.90. The third-order valence-electron chi connectivity index (χ3n) is 4.81. The van der Waals surface area contributed by atoms with E-state index in [0.717, 1.165) is 25.9 Å². The maximum absolute atomic E-state index is 13.0. The van der Waals surface area contributed by atoms with Gasteiger partial charge in [0.05, 0.1) is 13.7 Å². The zero-order valence-corrected chi connectivity index (χ0v) is 16.9. The Morgan fingerprint density at radius 2 is 1.96 bits per heavy atom. The Morgan fingerprint density at radius 3 is 2.56 bits per heavy atom. The van der Waals surface area contributed by atoms with E-state index < -0.39 is 10.0 Å². The van der Waals surface area contributed by atoms with Crippen LogP contribution in [0, 0.1) is 5.41 Å². The Balaban J connectivity index is 2.20. The summed E-state index contributed by atoms with van der Waals surface area (Å²) in [6.45, 7) is 4.13. The van der Waals surface area contributed by atoms with Crippen LogP contribution in [0.25, 0.3) is 0 Å². The molecule has 1 aliphatic rings. The first-order chi connectivity index (χ1) is 12.8. The van der Waals surface area contributed by atoms with E-state index in [1.807, 2.05) is 0 Å². The summed E-state index contributed by atoms with van der Waals surface area (Å²) in [6.07, 6.45) is 1.67. The van der Waals surface area contributed by atoms with Gasteiger partial charge in [-0.1, -0.05) is 6.07 Å². The molecular weight excluding hydrogens is 370 g/mol. The molecule has 1 fully saturated rings. The molecule has 8 nitrogen and oxygen atoms in total. The molecule has 1 aromatic rings. The lowest BCUT2D eigenvalue weighted by atomic mass is 9.80. The molecule has 1 heterocycles. The summed E-state index contributed by atoms with van der Waals surface area (Å²) >= 11 is 0. The molecule has 0 atom stereocenters. The normalized spacial score (nSPS) is 16.7. The first-order valence-electron chi connectivity index (χ1n) is 8.93. The Hall–Kier alpha value is -1.68. The SMILES string of the molecule is COCC1(CNS(=O)(=O)c2cc(CNC(C)=O)ccc2OC)CCNCC1. The van der Waals surface area contributed by atoms with Crippen molar-refractivity contribution in [1.29, 1.82) is 0 Å². The molecule has 0 aliphatic carbocycles. The van der Waals surface area contributed by atoms with Crippen LogP contribution in [0.2, 0.25) is 0 Å². The highest BCUT2D eigenvalue weighted by Crippen LogP contribution is 2.30. The van der Waals surface area contributed by atoms with E-state index in [2.05, 4.69) is 15.4 Å². The molecule has 2 rings (SSSR count). The van der Waals surface area contributed by atoms with E-state index >= 15 is 0 Å². The summed E-state index contributed by atoms with van der Waals surface area (Å²) in [5, 5.41) is 5.95. The summed E-state index contributed by atoms with van der Waals surface area (Å²) in [5.41, 5.74) is 0.452. The van der Waals surface area contributed by atoms with E-state index in [4.69, 9.17) is 9.47 Å². The number of amides is 1. The number of ether oxygens (including phenoxy) is 2. The second kappa shape index (κ2) is 9.50. The quantitative estimate of drug-likeness (QED) is 0.562. The molecule has 1 saturated heterocycles. The van der Waals surface area contributed by atoms with Gasteiger partial charge in [0, 0.05) is 32.5 Å². The Kier molecular flexibility index (Phi) is 7.60. The van der Waals surface area contributed by atoms with Crippen molar-refractivity contribution in [3.63, 3.8) is 0 Å². The summed E-state index contributed by atoms with van der Waals surface area (Å²) in [7, 11) is -0.720. The summed E-state index contributed by atoms with van der Waals surface area (Å²) in [6, 6.07) is 4.86. The van der Waals surface area contributed by atoms with E-state index in [-0.39, 0.29) is 28.5 Å². The number of carbonyl (C=O) groups is 1. The number of benzene rings is 1. The first-order valence-corrected chi connectivity index (χ1v) is 10.4. The van der Waals surface area contributed by atoms with Crippen molar-refractivity contribution in [2.45, 2.75) is 31.2 Å². The second-order valence-corrected chi connectivity index (χ2v) is 8.64. The van der Waals surface area contributed by atoms with Crippen molar-refractivity contribution in [3.05, 3.63) is 23.8 Å². The predicted octanol–water partition coefficient (Wildman–Crippen LogP) is 0.626. The van der Waals surface area contributed by atoms with Crippen LogP contribution in [0.15, 0.2) is 23.1 Å². The van der Waals surface area contributed by atoms with Gasteiger partial charge in [0.25, 0.3) is 0 Å². The van der Waals surface area contributed by atoms with Crippen molar-refractivity contribution in [2.75, 3.05) is 40.5 Å². The minimum atomic E-state index is -3.78. The van der Waals surface area contributed by atoms with E-state index in [9.17, 15) is 13.2 Å². The number of sulfonamides is 1. The van der Waals surface area contributed by atoms with Crippen molar-refractivity contribution >= 4 is 15.9 Å². The Bertz CT molecular complexity index is 740. The van der Waals surface area contributed by atoms with Gasteiger partial charge in [0.2, 0.25) is 15.9 Å². The average molecular weight is 400 g/mol. The van der Waals surface area contributed by atoms with Crippen LogP contribution in [-0.2, 0) is 26.1 Å². The van der Waals surface area contributed by atoms with Crippen LogP contribution in [0.4, 0.5) is 0 Å². The zero-order chi connectivity index (χ0) is 19.9. The number of piperidine rings is 1. The van der Waals surface area contributed by atoms with Gasteiger partial charge in [-0.3, -0.25) is 4.79 Å². The van der Waals surface area contributed by atoms with Gasteiger partial charge in [-0.15, -0.1) is 0 Å². The Morgan fingerprint density at radius 1 is 1.26 bits per heavy atom. The maximum Gasteiger partial charge on any atom is 0.244 e. The standard InChI is InChI=1S/C18H29N3O5S/c1-14(22)20-11-15-4-5-16(26-3)17(10-15)27(23,24)21-12-18(13-25-2)6-8-19-9-7-18/h4-5,10,19,21H,6-9,11-13H2,1-3H3,(H,20,22). The first kappa shape index (κ1) is 21.6. The summed E-state index contributed by atoms with van der Waals surface area (Å²) in [4.78, 5) is 11.2. The van der Waals surface area contributed by atoms with Crippen molar-refractivity contribution in [3.8, 4) is 5.75 Å². The third kappa shape index (κ3) is 5.90. The van der Waals surface area contributed by atoms with Crippen LogP contribution in [-0.4, -0.2) is 54.8 Å². The fraction of sp³-hybridized carbons (Fsp3) is 0.611. The molecule has 0 saturated carbocycles. The molecule has 0 unspecified atom stereocenters. The van der Waals surface area contributed by atoms with Gasteiger partial charge < -0.3 is 20.1 Å². The molecule has 0 spiro atoms. The summed E-state index contributed by atoms with van der Waals surface area (Å²) < 4.78 is 39.2. The molecular formula is C18H29N3O5S. The van der Waals surface area contributed by atoms with Crippen LogP contribution < -0.4 is 20.1 Å². The third-order valence-corrected chi connectivity index (χ3v) is 6.23. The van der Waals surface area contributed by atoms with Gasteiger partial charge >= 0.3 is 0 Å². The largest absolute Gasteiger partial charge is 0.495 e. The number of rotatable bonds is 9. The molecule has 1 aliphatic heterocycles. The minimum Gasteiger partial charge on any atom is -0.495 e. The van der Waals surface area contributed by atoms with E-state index in [0.29, 0.717) is 18.7 Å². The fourth-order valence-electron chi connectivity index (χ4n) is 3.23. The smallest absolute Gasteiger partial charge is 0.244 e. The van der Waals surface area contributed by atoms with Gasteiger partial charge in [0.15, 0.2) is 0 Å². The monoisotopic (exact) mass is 399 g/mol. The lowest BCUT2D eigenvalue weighted by molar-refractivity contribution is -0.119. The maximum atomic E-state index is 13.0. The predicted molar refractivity (Wildman–Crippen MR) is 102 cm³/mol. The minimum absolute atomic E-state index is 0.0642. The highest BCUT2D eigenvalue weighted by Gasteiger charge is 2.34. The molecule has 0 radical (unpaired) electrons. The van der Waals surface area contributed by atoms with Crippen LogP contribution >= 0.6 is 0 Å². The molecule has 27 heavy (non-hydrogen) atoms. The molecule has 1 amide bonds. The average Bonchev–Trinajstić information content (AvgIpc) is 2.66. The molecule has 3 N–H and O–H groups in total. The van der Waals surface area contributed by atoms with Gasteiger partial charge in [-0.2, -0.15) is 0 Å². The number of carbonyl (C=O) groups excluding carboxylic acids is 1. The highest BCUT2D eigenvalue weighted by atomic mass is 32.2. The molecule has 152 valence electrons. The van der Waals surface area contributed by atoms with Crippen molar-refractivity contribution < 1.29 is 22.7 Å². The highest BCUT2D eigenvalue weighted by molar-refractivity contribution is 7.89. The van der Waals surface area contributed by atoms with E-state index in [1.165, 1.54) is 20.1 Å². The lowest BCUT2D eigenvalue weighted by Crippen LogP contribution is -2.47. The molecule has 0 bridgehead atoms. The van der Waals surface area contributed by atoms with Crippen molar-refractivity contribution in [2.24, 2.45) is 5.41 Å². The molecule has 9 heteroatoms. The number of nitrogens with one attached hydrogen (secondary N) is 3. The Labute approximate surface area is 161 Å². The van der Waals surface area contributed by atoms with E-state index in [1.54, 1.807) is 19.2 Å². The van der Waals surface area contributed by atoms with Gasteiger partial charge in [0.1, 0.15) is 10.6 Å². The number of methoxy groups -OCH3 is 2.